The van der Waals surface area contributed by atoms with Crippen LogP contribution < -0.4 is 0 Å². The number of halogens is 3. The minimum Gasteiger partial charge on any atom is -0.341 e. The second-order valence-corrected chi connectivity index (χ2v) is 5.23. The number of alkyl halides is 3. The third kappa shape index (κ3) is 2.54. The maximum Gasteiger partial charge on any atom is 0.412 e. The number of rotatable bonds is 2. The molecule has 0 spiro atoms. The molecule has 1 fully saturated rings. The molecule has 0 amide bonds. The van der Waals surface area contributed by atoms with Crippen LogP contribution in [0.25, 0.3) is 0 Å². The van der Waals surface area contributed by atoms with Gasteiger partial charge in [-0.1, -0.05) is 6.08 Å². The fourth-order valence-electron chi connectivity index (χ4n) is 2.82. The molecule has 6 heteroatoms. The van der Waals surface area contributed by atoms with Gasteiger partial charge in [-0.3, -0.25) is 4.90 Å². The Morgan fingerprint density at radius 3 is 2.63 bits per heavy atom. The van der Waals surface area contributed by atoms with E-state index in [1.807, 2.05) is 4.90 Å². The van der Waals surface area contributed by atoms with E-state index in [1.165, 1.54) is 18.9 Å². The van der Waals surface area contributed by atoms with E-state index in [9.17, 15) is 13.2 Å². The molecule has 3 aliphatic rings. The summed E-state index contributed by atoms with van der Waals surface area (Å²) in [4.78, 5) is 8.41. The zero-order valence-electron chi connectivity index (χ0n) is 10.5. The van der Waals surface area contributed by atoms with Crippen LogP contribution in [0.5, 0.6) is 0 Å². The first-order valence-corrected chi connectivity index (χ1v) is 6.54. The summed E-state index contributed by atoms with van der Waals surface area (Å²) in [6.07, 6.45) is 2.45. The van der Waals surface area contributed by atoms with Gasteiger partial charge in [-0.05, 0) is 32.0 Å². The molecule has 3 nitrogen and oxygen atoms in total. The number of hydrogen-bond acceptors (Lipinski definition) is 3. The second-order valence-electron chi connectivity index (χ2n) is 5.23. The van der Waals surface area contributed by atoms with E-state index in [4.69, 9.17) is 0 Å². The molecular weight excluding hydrogens is 255 g/mol. The smallest absolute Gasteiger partial charge is 0.341 e. The van der Waals surface area contributed by atoms with Crippen LogP contribution in [0.2, 0.25) is 0 Å². The molecule has 104 valence electrons. The van der Waals surface area contributed by atoms with Crippen LogP contribution in [0.15, 0.2) is 28.4 Å². The van der Waals surface area contributed by atoms with Crippen molar-refractivity contribution in [1.29, 1.82) is 0 Å². The predicted octanol–water partition coefficient (Wildman–Crippen LogP) is 2.53. The van der Waals surface area contributed by atoms with E-state index < -0.39 is 11.7 Å². The van der Waals surface area contributed by atoms with Crippen molar-refractivity contribution in [3.05, 3.63) is 23.4 Å². The fraction of sp³-hybridized carbons (Fsp3) is 0.615. The molecule has 2 aliphatic heterocycles. The van der Waals surface area contributed by atoms with Crippen LogP contribution in [0.4, 0.5) is 13.2 Å². The molecule has 1 saturated heterocycles. The largest absolute Gasteiger partial charge is 0.412 e. The molecule has 0 aromatic heterocycles. The average molecular weight is 271 g/mol. The van der Waals surface area contributed by atoms with Gasteiger partial charge in [0.1, 0.15) is 0 Å². The van der Waals surface area contributed by atoms with E-state index in [2.05, 4.69) is 9.89 Å². The molecule has 0 radical (unpaired) electrons. The Hall–Kier alpha value is -1.30. The fourth-order valence-corrected chi connectivity index (χ4v) is 2.82. The first kappa shape index (κ1) is 12.7. The summed E-state index contributed by atoms with van der Waals surface area (Å²) in [5, 5.41) is 0. The highest BCUT2D eigenvalue weighted by molar-refractivity contribution is 5.63. The van der Waals surface area contributed by atoms with Crippen LogP contribution in [0.3, 0.4) is 0 Å². The first-order chi connectivity index (χ1) is 9.04. The Morgan fingerprint density at radius 2 is 1.95 bits per heavy atom. The molecule has 3 rings (SSSR count). The second kappa shape index (κ2) is 4.67. The minimum absolute atomic E-state index is 0.00315. The number of allylic oxidation sites excluding steroid dienone is 2. The third-order valence-corrected chi connectivity index (χ3v) is 3.89. The van der Waals surface area contributed by atoms with Gasteiger partial charge in [-0.25, -0.2) is 4.99 Å². The van der Waals surface area contributed by atoms with Crippen molar-refractivity contribution in [3.8, 4) is 0 Å². The Balaban J connectivity index is 1.70. The summed E-state index contributed by atoms with van der Waals surface area (Å²) in [6, 6.07) is -0.248. The van der Waals surface area contributed by atoms with Crippen molar-refractivity contribution in [2.24, 2.45) is 4.99 Å². The maximum atomic E-state index is 12.8. The molecule has 2 heterocycles. The van der Waals surface area contributed by atoms with Gasteiger partial charge in [0.15, 0.2) is 0 Å². The molecule has 1 aliphatic carbocycles. The van der Waals surface area contributed by atoms with Crippen LogP contribution in [-0.4, -0.2) is 48.1 Å². The highest BCUT2D eigenvalue weighted by Gasteiger charge is 2.39. The van der Waals surface area contributed by atoms with Crippen molar-refractivity contribution >= 4 is 6.34 Å². The standard InChI is InChI=1S/C13H16F3N3/c14-13(15,16)10-3-4-11-12(7-10)19(8-17-11)9-18-5-1-2-6-18/h3-4,8,12H,1-2,5-7,9H2. The van der Waals surface area contributed by atoms with Gasteiger partial charge >= 0.3 is 6.18 Å². The highest BCUT2D eigenvalue weighted by Crippen LogP contribution is 2.36. The number of hydrogen-bond donors (Lipinski definition) is 0. The summed E-state index contributed by atoms with van der Waals surface area (Å²) in [6.45, 7) is 2.73. The number of nitrogens with zero attached hydrogens (tertiary/aromatic N) is 3. The molecular formula is C13H16F3N3. The predicted molar refractivity (Wildman–Crippen MR) is 66.6 cm³/mol. The van der Waals surface area contributed by atoms with Crippen molar-refractivity contribution in [1.82, 2.24) is 9.80 Å². The number of aliphatic imine (C=N–C) groups is 1. The number of fused-ring (bicyclic) bond motifs is 1. The van der Waals surface area contributed by atoms with Crippen LogP contribution in [0, 0.1) is 0 Å². The van der Waals surface area contributed by atoms with Crippen LogP contribution >= 0.6 is 0 Å². The lowest BCUT2D eigenvalue weighted by Crippen LogP contribution is -2.41. The van der Waals surface area contributed by atoms with Crippen LogP contribution in [-0.2, 0) is 0 Å². The Kier molecular flexibility index (Phi) is 3.12. The lowest BCUT2D eigenvalue weighted by molar-refractivity contribution is -0.0953. The summed E-state index contributed by atoms with van der Waals surface area (Å²) < 4.78 is 38.3. The van der Waals surface area contributed by atoms with E-state index in [0.29, 0.717) is 6.67 Å². The molecule has 1 unspecified atom stereocenters. The van der Waals surface area contributed by atoms with E-state index in [0.717, 1.165) is 24.9 Å². The van der Waals surface area contributed by atoms with Gasteiger partial charge in [-0.2, -0.15) is 13.2 Å². The Bertz CT molecular complexity index is 445. The summed E-state index contributed by atoms with van der Waals surface area (Å²) in [5.41, 5.74) is 0.283. The number of likely N-dealkylation sites (tertiary alicyclic amines) is 1. The van der Waals surface area contributed by atoms with Gasteiger partial charge < -0.3 is 4.90 Å². The monoisotopic (exact) mass is 271 g/mol. The summed E-state index contributed by atoms with van der Waals surface area (Å²) >= 11 is 0. The van der Waals surface area contributed by atoms with Gasteiger partial charge in [-0.15, -0.1) is 0 Å². The zero-order chi connectivity index (χ0) is 13.5. The quantitative estimate of drug-likeness (QED) is 0.768. The molecule has 0 saturated carbocycles. The molecule has 0 aromatic carbocycles. The highest BCUT2D eigenvalue weighted by atomic mass is 19.4. The van der Waals surface area contributed by atoms with E-state index in [1.54, 1.807) is 6.34 Å². The molecule has 0 N–H and O–H groups in total. The van der Waals surface area contributed by atoms with Gasteiger partial charge in [0.2, 0.25) is 0 Å². The molecule has 0 aromatic rings. The molecule has 1 atom stereocenters. The SMILES string of the molecule is FC(F)(F)C1=CC=C2N=CN(CN3CCCC3)C2C1. The van der Waals surface area contributed by atoms with Crippen LogP contribution in [0.1, 0.15) is 19.3 Å². The van der Waals surface area contributed by atoms with Gasteiger partial charge in [0.05, 0.1) is 24.7 Å². The van der Waals surface area contributed by atoms with Crippen molar-refractivity contribution in [2.75, 3.05) is 19.8 Å². The Labute approximate surface area is 110 Å². The lowest BCUT2D eigenvalue weighted by atomic mass is 9.97. The summed E-state index contributed by atoms with van der Waals surface area (Å²) in [5.74, 6) is 0. The maximum absolute atomic E-state index is 12.8. The van der Waals surface area contributed by atoms with Gasteiger partial charge in [0.25, 0.3) is 0 Å². The molecule has 0 bridgehead atoms. The lowest BCUT2D eigenvalue weighted by Gasteiger charge is -2.31. The minimum atomic E-state index is -4.23. The van der Waals surface area contributed by atoms with Crippen molar-refractivity contribution in [2.45, 2.75) is 31.5 Å². The molecule has 19 heavy (non-hydrogen) atoms. The summed E-state index contributed by atoms with van der Waals surface area (Å²) in [7, 11) is 0. The van der Waals surface area contributed by atoms with E-state index in [-0.39, 0.29) is 12.5 Å². The van der Waals surface area contributed by atoms with Gasteiger partial charge in [0, 0.05) is 12.0 Å². The Morgan fingerprint density at radius 1 is 1.21 bits per heavy atom. The third-order valence-electron chi connectivity index (χ3n) is 3.89. The normalized spacial score (nSPS) is 27.5. The topological polar surface area (TPSA) is 18.8 Å². The average Bonchev–Trinajstić information content (AvgIpc) is 2.98. The van der Waals surface area contributed by atoms with Crippen molar-refractivity contribution in [3.63, 3.8) is 0 Å². The first-order valence-electron chi connectivity index (χ1n) is 6.54. The van der Waals surface area contributed by atoms with E-state index >= 15 is 0 Å². The van der Waals surface area contributed by atoms with Crippen molar-refractivity contribution < 1.29 is 13.2 Å². The zero-order valence-corrected chi connectivity index (χ0v) is 10.5.